The summed E-state index contributed by atoms with van der Waals surface area (Å²) in [6, 6.07) is 6.39. The van der Waals surface area contributed by atoms with Crippen LogP contribution in [-0.4, -0.2) is 18.1 Å². The Morgan fingerprint density at radius 2 is 1.95 bits per heavy atom. The third-order valence-electron chi connectivity index (χ3n) is 2.65. The zero-order valence-corrected chi connectivity index (χ0v) is 11.0. The number of rotatable bonds is 4. The smallest absolute Gasteiger partial charge is 0.263 e. The number of hydrogen-bond donors (Lipinski definition) is 2. The molecule has 7 heteroatoms. The molecule has 0 aliphatic rings. The molecule has 2 aromatic rings. The van der Waals surface area contributed by atoms with E-state index in [-0.39, 0.29) is 17.2 Å². The van der Waals surface area contributed by atoms with Crippen molar-refractivity contribution >= 4 is 15.7 Å². The predicted octanol–water partition coefficient (Wildman–Crippen LogP) is 1.46. The molecule has 0 aliphatic heterocycles. The number of aliphatic hydroxyl groups is 1. The highest BCUT2D eigenvalue weighted by atomic mass is 32.2. The van der Waals surface area contributed by atoms with Crippen molar-refractivity contribution in [2.75, 3.05) is 4.72 Å². The molecule has 2 rings (SSSR count). The Morgan fingerprint density at radius 3 is 2.47 bits per heavy atom. The van der Waals surface area contributed by atoms with E-state index in [1.165, 1.54) is 41.1 Å². The first-order chi connectivity index (χ1) is 8.92. The number of anilines is 1. The van der Waals surface area contributed by atoms with E-state index in [9.17, 15) is 12.8 Å². The van der Waals surface area contributed by atoms with E-state index < -0.39 is 15.8 Å². The average Bonchev–Trinajstić information content (AvgIpc) is 2.74. The first-order valence-corrected chi connectivity index (χ1v) is 6.95. The van der Waals surface area contributed by atoms with Gasteiger partial charge in [-0.05, 0) is 30.3 Å². The minimum Gasteiger partial charge on any atom is -0.390 e. The summed E-state index contributed by atoms with van der Waals surface area (Å²) in [5.74, 6) is -0.440. The molecule has 1 aromatic carbocycles. The van der Waals surface area contributed by atoms with Gasteiger partial charge in [0.2, 0.25) is 0 Å². The molecule has 0 radical (unpaired) electrons. The summed E-state index contributed by atoms with van der Waals surface area (Å²) < 4.78 is 40.7. The van der Waals surface area contributed by atoms with Crippen LogP contribution >= 0.6 is 0 Å². The van der Waals surface area contributed by atoms with E-state index in [4.69, 9.17) is 5.11 Å². The monoisotopic (exact) mass is 284 g/mol. The van der Waals surface area contributed by atoms with Crippen molar-refractivity contribution in [3.8, 4) is 0 Å². The third kappa shape index (κ3) is 2.94. The Hall–Kier alpha value is -1.86. The molecule has 0 unspecified atom stereocenters. The van der Waals surface area contributed by atoms with Gasteiger partial charge in [0, 0.05) is 24.6 Å². The number of nitrogens with one attached hydrogen (secondary N) is 1. The number of aliphatic hydroxyl groups excluding tert-OH is 1. The fourth-order valence-electron chi connectivity index (χ4n) is 1.61. The maximum atomic E-state index is 12.7. The van der Waals surface area contributed by atoms with Crippen LogP contribution in [0.25, 0.3) is 0 Å². The molecule has 0 fully saturated rings. The first kappa shape index (κ1) is 13.6. The number of hydrogen-bond acceptors (Lipinski definition) is 3. The zero-order chi connectivity index (χ0) is 14.0. The molecule has 1 aromatic heterocycles. The number of halogens is 1. The molecule has 0 aliphatic carbocycles. The molecule has 102 valence electrons. The van der Waals surface area contributed by atoms with Gasteiger partial charge < -0.3 is 9.67 Å². The van der Waals surface area contributed by atoms with Crippen LogP contribution in [0, 0.1) is 5.82 Å². The van der Waals surface area contributed by atoms with Crippen LogP contribution in [0.2, 0.25) is 0 Å². The van der Waals surface area contributed by atoms with E-state index in [2.05, 4.69) is 4.72 Å². The van der Waals surface area contributed by atoms with Gasteiger partial charge in [0.25, 0.3) is 10.0 Å². The summed E-state index contributed by atoms with van der Waals surface area (Å²) in [5.41, 5.74) is 0.760. The van der Waals surface area contributed by atoms with Crippen LogP contribution in [0.1, 0.15) is 5.69 Å². The van der Waals surface area contributed by atoms with Crippen molar-refractivity contribution in [2.45, 2.75) is 11.5 Å². The Balaban J connectivity index is 2.29. The molecule has 5 nitrogen and oxygen atoms in total. The minimum absolute atomic E-state index is 0.0448. The van der Waals surface area contributed by atoms with E-state index in [1.54, 1.807) is 7.05 Å². The van der Waals surface area contributed by atoms with Crippen LogP contribution < -0.4 is 4.72 Å². The fraction of sp³-hybridized carbons (Fsp3) is 0.167. The van der Waals surface area contributed by atoms with E-state index in [0.29, 0.717) is 5.69 Å². The molecule has 1 heterocycles. The van der Waals surface area contributed by atoms with Crippen LogP contribution in [0.3, 0.4) is 0 Å². The lowest BCUT2D eigenvalue weighted by Crippen LogP contribution is -2.12. The maximum Gasteiger partial charge on any atom is 0.263 e. The number of nitrogens with zero attached hydrogens (tertiary/aromatic N) is 1. The lowest BCUT2D eigenvalue weighted by atomic mass is 10.3. The van der Waals surface area contributed by atoms with Crippen molar-refractivity contribution in [1.82, 2.24) is 4.57 Å². The van der Waals surface area contributed by atoms with Gasteiger partial charge in [-0.25, -0.2) is 12.8 Å². The quantitative estimate of drug-likeness (QED) is 0.893. The second-order valence-corrected chi connectivity index (χ2v) is 5.73. The average molecular weight is 284 g/mol. The minimum atomic E-state index is -3.74. The highest BCUT2D eigenvalue weighted by molar-refractivity contribution is 7.92. The lowest BCUT2D eigenvalue weighted by Gasteiger charge is -2.05. The topological polar surface area (TPSA) is 71.3 Å². The number of aryl methyl sites for hydroxylation is 1. The van der Waals surface area contributed by atoms with Crippen LogP contribution in [0.15, 0.2) is 41.4 Å². The number of aromatic nitrogens is 1. The van der Waals surface area contributed by atoms with Gasteiger partial charge in [-0.2, -0.15) is 0 Å². The highest BCUT2D eigenvalue weighted by Gasteiger charge is 2.17. The Bertz CT molecular complexity index is 678. The molecule has 0 atom stereocenters. The molecule has 0 bridgehead atoms. The fourth-order valence-corrected chi connectivity index (χ4v) is 2.77. The first-order valence-electron chi connectivity index (χ1n) is 5.47. The number of benzene rings is 1. The van der Waals surface area contributed by atoms with Gasteiger partial charge in [-0.3, -0.25) is 4.72 Å². The summed E-state index contributed by atoms with van der Waals surface area (Å²) in [6.45, 7) is -0.247. The van der Waals surface area contributed by atoms with Gasteiger partial charge in [0.15, 0.2) is 0 Å². The largest absolute Gasteiger partial charge is 0.390 e. The van der Waals surface area contributed by atoms with Crippen molar-refractivity contribution in [3.05, 3.63) is 48.0 Å². The zero-order valence-electron chi connectivity index (χ0n) is 10.2. The van der Waals surface area contributed by atoms with Crippen molar-refractivity contribution < 1.29 is 17.9 Å². The Kier molecular flexibility index (Phi) is 3.59. The van der Waals surface area contributed by atoms with Gasteiger partial charge in [-0.1, -0.05) is 0 Å². The maximum absolute atomic E-state index is 12.7. The van der Waals surface area contributed by atoms with Gasteiger partial charge in [-0.15, -0.1) is 0 Å². The summed E-state index contributed by atoms with van der Waals surface area (Å²) >= 11 is 0. The molecule has 0 saturated carbocycles. The van der Waals surface area contributed by atoms with E-state index >= 15 is 0 Å². The van der Waals surface area contributed by atoms with Crippen LogP contribution in [-0.2, 0) is 23.7 Å². The Morgan fingerprint density at radius 1 is 1.32 bits per heavy atom. The Labute approximate surface area is 110 Å². The molecule has 0 amide bonds. The molecular formula is C12H13FN2O3S. The second-order valence-electron chi connectivity index (χ2n) is 4.05. The van der Waals surface area contributed by atoms with Gasteiger partial charge in [0.1, 0.15) is 10.7 Å². The summed E-state index contributed by atoms with van der Waals surface area (Å²) in [5, 5.41) is 9.04. The lowest BCUT2D eigenvalue weighted by molar-refractivity contribution is 0.272. The third-order valence-corrected chi connectivity index (χ3v) is 4.00. The SMILES string of the molecule is Cn1cc(S(=O)(=O)Nc2ccc(F)cc2)cc1CO. The van der Waals surface area contributed by atoms with Crippen LogP contribution in [0.5, 0.6) is 0 Å². The van der Waals surface area contributed by atoms with Crippen LogP contribution in [0.4, 0.5) is 10.1 Å². The summed E-state index contributed by atoms with van der Waals surface area (Å²) in [6.07, 6.45) is 1.40. The standard InChI is InChI=1S/C12H13FN2O3S/c1-15-7-12(6-11(15)8-16)19(17,18)14-10-4-2-9(13)3-5-10/h2-7,14,16H,8H2,1H3. The highest BCUT2D eigenvalue weighted by Crippen LogP contribution is 2.18. The van der Waals surface area contributed by atoms with E-state index in [1.807, 2.05) is 0 Å². The summed E-state index contributed by atoms with van der Waals surface area (Å²) in [7, 11) is -2.10. The van der Waals surface area contributed by atoms with Gasteiger partial charge in [0.05, 0.1) is 6.61 Å². The molecular weight excluding hydrogens is 271 g/mol. The molecule has 2 N–H and O–H groups in total. The van der Waals surface area contributed by atoms with Crippen molar-refractivity contribution in [1.29, 1.82) is 0 Å². The predicted molar refractivity (Wildman–Crippen MR) is 68.5 cm³/mol. The second kappa shape index (κ2) is 5.02. The van der Waals surface area contributed by atoms with Gasteiger partial charge >= 0.3 is 0 Å². The normalized spacial score (nSPS) is 11.5. The molecule has 19 heavy (non-hydrogen) atoms. The van der Waals surface area contributed by atoms with Crippen molar-refractivity contribution in [3.63, 3.8) is 0 Å². The number of sulfonamides is 1. The van der Waals surface area contributed by atoms with Crippen molar-refractivity contribution in [2.24, 2.45) is 7.05 Å². The summed E-state index contributed by atoms with van der Waals surface area (Å²) in [4.78, 5) is 0.0448. The molecule has 0 saturated heterocycles. The molecule has 0 spiro atoms. The van der Waals surface area contributed by atoms with E-state index in [0.717, 1.165) is 0 Å².